The molecule has 0 spiro atoms. The van der Waals surface area contributed by atoms with Crippen molar-refractivity contribution in [1.29, 1.82) is 0 Å². The summed E-state index contributed by atoms with van der Waals surface area (Å²) in [6.07, 6.45) is 5.37. The van der Waals surface area contributed by atoms with Gasteiger partial charge >= 0.3 is 0 Å². The lowest BCUT2D eigenvalue weighted by atomic mass is 10.2. The van der Waals surface area contributed by atoms with Gasteiger partial charge in [0.05, 0.1) is 22.0 Å². The van der Waals surface area contributed by atoms with Crippen LogP contribution < -0.4 is 0 Å². The first-order chi connectivity index (χ1) is 12.1. The highest BCUT2D eigenvalue weighted by atomic mass is 32.1. The molecule has 0 N–H and O–H groups in total. The Labute approximate surface area is 149 Å². The zero-order valence-electron chi connectivity index (χ0n) is 14.1. The maximum Gasteiger partial charge on any atom is 0.178 e. The normalized spacial score (nSPS) is 11.0. The van der Waals surface area contributed by atoms with Gasteiger partial charge in [-0.1, -0.05) is 0 Å². The van der Waals surface area contributed by atoms with Gasteiger partial charge in [-0.25, -0.2) is 15.0 Å². The second-order valence-corrected chi connectivity index (χ2v) is 6.73. The molecule has 4 aromatic rings. The van der Waals surface area contributed by atoms with E-state index < -0.39 is 0 Å². The molecule has 25 heavy (non-hydrogen) atoms. The molecule has 0 aromatic carbocycles. The summed E-state index contributed by atoms with van der Waals surface area (Å²) in [4.78, 5) is 19.0. The summed E-state index contributed by atoms with van der Waals surface area (Å²) in [5.74, 6) is 0.663. The Hall–Kier alpha value is -2.93. The summed E-state index contributed by atoms with van der Waals surface area (Å²) in [5, 5.41) is 5.31. The standard InChI is InChI=1S/C18H16N6S/c1-11-9-15(24(3)23-11)17-20-8-6-14(22-17)16-12(2)21-18(25-16)13-5-4-7-19-10-13/h4-10H,1-3H3. The molecular weight excluding hydrogens is 332 g/mol. The molecule has 0 bridgehead atoms. The van der Waals surface area contributed by atoms with Crippen LogP contribution in [0.3, 0.4) is 0 Å². The molecule has 0 saturated carbocycles. The van der Waals surface area contributed by atoms with Crippen LogP contribution in [0.15, 0.2) is 42.9 Å². The van der Waals surface area contributed by atoms with Crippen molar-refractivity contribution in [2.75, 3.05) is 0 Å². The van der Waals surface area contributed by atoms with Crippen LogP contribution in [-0.2, 0) is 7.05 Å². The third-order valence-corrected chi connectivity index (χ3v) is 5.05. The average molecular weight is 348 g/mol. The minimum Gasteiger partial charge on any atom is -0.264 e. The largest absolute Gasteiger partial charge is 0.264 e. The Balaban J connectivity index is 1.77. The van der Waals surface area contributed by atoms with E-state index >= 15 is 0 Å². The maximum absolute atomic E-state index is 4.74. The van der Waals surface area contributed by atoms with E-state index in [9.17, 15) is 0 Å². The molecule has 4 heterocycles. The Morgan fingerprint density at radius 1 is 1.08 bits per heavy atom. The molecule has 4 rings (SSSR count). The zero-order valence-corrected chi connectivity index (χ0v) is 14.9. The van der Waals surface area contributed by atoms with E-state index in [-0.39, 0.29) is 0 Å². The fourth-order valence-corrected chi connectivity index (χ4v) is 3.70. The first-order valence-corrected chi connectivity index (χ1v) is 8.66. The number of pyridine rings is 1. The molecule has 0 saturated heterocycles. The van der Waals surface area contributed by atoms with E-state index in [4.69, 9.17) is 4.98 Å². The summed E-state index contributed by atoms with van der Waals surface area (Å²) < 4.78 is 1.80. The number of rotatable bonds is 3. The highest BCUT2D eigenvalue weighted by Crippen LogP contribution is 2.34. The summed E-state index contributed by atoms with van der Waals surface area (Å²) in [7, 11) is 1.90. The minimum absolute atomic E-state index is 0.663. The lowest BCUT2D eigenvalue weighted by Gasteiger charge is -2.03. The van der Waals surface area contributed by atoms with Crippen LogP contribution in [0.5, 0.6) is 0 Å². The molecule has 0 fully saturated rings. The van der Waals surface area contributed by atoms with Crippen molar-refractivity contribution in [2.45, 2.75) is 13.8 Å². The molecule has 0 amide bonds. The predicted molar refractivity (Wildman–Crippen MR) is 98.0 cm³/mol. The van der Waals surface area contributed by atoms with E-state index in [2.05, 4.69) is 20.1 Å². The van der Waals surface area contributed by atoms with Crippen LogP contribution in [0.25, 0.3) is 32.7 Å². The van der Waals surface area contributed by atoms with Gasteiger partial charge < -0.3 is 0 Å². The lowest BCUT2D eigenvalue weighted by Crippen LogP contribution is -1.98. The van der Waals surface area contributed by atoms with Crippen LogP contribution in [0.4, 0.5) is 0 Å². The van der Waals surface area contributed by atoms with Gasteiger partial charge in [-0.2, -0.15) is 5.10 Å². The minimum atomic E-state index is 0.663. The number of hydrogen-bond donors (Lipinski definition) is 0. The van der Waals surface area contributed by atoms with Crippen molar-refractivity contribution in [2.24, 2.45) is 7.05 Å². The molecule has 6 nitrogen and oxygen atoms in total. The van der Waals surface area contributed by atoms with Crippen LogP contribution in [-0.4, -0.2) is 29.7 Å². The monoisotopic (exact) mass is 348 g/mol. The highest BCUT2D eigenvalue weighted by molar-refractivity contribution is 7.18. The molecule has 124 valence electrons. The van der Waals surface area contributed by atoms with Crippen molar-refractivity contribution in [3.05, 3.63) is 54.2 Å². The van der Waals surface area contributed by atoms with Crippen molar-refractivity contribution in [3.8, 4) is 32.7 Å². The third kappa shape index (κ3) is 2.94. The molecular formula is C18H16N6S. The van der Waals surface area contributed by atoms with Gasteiger partial charge in [0.25, 0.3) is 0 Å². The first-order valence-electron chi connectivity index (χ1n) is 7.84. The van der Waals surface area contributed by atoms with Gasteiger partial charge in [0.1, 0.15) is 10.7 Å². The van der Waals surface area contributed by atoms with Gasteiger partial charge in [-0.05, 0) is 38.1 Å². The Kier molecular flexibility index (Phi) is 3.85. The smallest absolute Gasteiger partial charge is 0.178 e. The molecule has 7 heteroatoms. The van der Waals surface area contributed by atoms with Gasteiger partial charge in [0, 0.05) is 31.2 Å². The number of aryl methyl sites for hydroxylation is 3. The molecule has 0 radical (unpaired) electrons. The Bertz CT molecular complexity index is 1030. The molecule has 0 unspecified atom stereocenters. The number of hydrogen-bond acceptors (Lipinski definition) is 6. The Morgan fingerprint density at radius 3 is 2.68 bits per heavy atom. The second kappa shape index (κ2) is 6.18. The van der Waals surface area contributed by atoms with E-state index in [0.29, 0.717) is 5.82 Å². The molecule has 0 aliphatic carbocycles. The third-order valence-electron chi connectivity index (χ3n) is 3.82. The van der Waals surface area contributed by atoms with Crippen LogP contribution >= 0.6 is 11.3 Å². The number of nitrogens with zero attached hydrogens (tertiary/aromatic N) is 6. The van der Waals surface area contributed by atoms with Gasteiger partial charge in [0.2, 0.25) is 0 Å². The van der Waals surface area contributed by atoms with Gasteiger partial charge in [-0.3, -0.25) is 9.67 Å². The predicted octanol–water partition coefficient (Wildman–Crippen LogP) is 3.68. The van der Waals surface area contributed by atoms with Crippen molar-refractivity contribution in [3.63, 3.8) is 0 Å². The van der Waals surface area contributed by atoms with E-state index in [1.807, 2.05) is 51.4 Å². The van der Waals surface area contributed by atoms with Gasteiger partial charge in [0.15, 0.2) is 5.82 Å². The SMILES string of the molecule is Cc1cc(-c2nccc(-c3sc(-c4cccnc4)nc3C)n2)n(C)n1. The maximum atomic E-state index is 4.74. The van der Waals surface area contributed by atoms with E-state index in [1.54, 1.807) is 28.4 Å². The van der Waals surface area contributed by atoms with E-state index in [0.717, 1.165) is 38.2 Å². The molecule has 0 atom stereocenters. The summed E-state index contributed by atoms with van der Waals surface area (Å²) in [6.45, 7) is 3.96. The van der Waals surface area contributed by atoms with Crippen LogP contribution in [0.1, 0.15) is 11.4 Å². The average Bonchev–Trinajstić information content (AvgIpc) is 3.18. The topological polar surface area (TPSA) is 69.4 Å². The highest BCUT2D eigenvalue weighted by Gasteiger charge is 2.15. The van der Waals surface area contributed by atoms with Crippen molar-refractivity contribution in [1.82, 2.24) is 29.7 Å². The van der Waals surface area contributed by atoms with Crippen LogP contribution in [0.2, 0.25) is 0 Å². The zero-order chi connectivity index (χ0) is 17.4. The lowest BCUT2D eigenvalue weighted by molar-refractivity contribution is 0.759. The Morgan fingerprint density at radius 2 is 1.96 bits per heavy atom. The van der Waals surface area contributed by atoms with E-state index in [1.165, 1.54) is 0 Å². The quantitative estimate of drug-likeness (QED) is 0.565. The van der Waals surface area contributed by atoms with Crippen molar-refractivity contribution >= 4 is 11.3 Å². The molecule has 0 aliphatic rings. The summed E-state index contributed by atoms with van der Waals surface area (Å²) in [6, 6.07) is 7.83. The fraction of sp³-hybridized carbons (Fsp3) is 0.167. The summed E-state index contributed by atoms with van der Waals surface area (Å²) >= 11 is 1.62. The first kappa shape index (κ1) is 15.6. The van der Waals surface area contributed by atoms with Crippen LogP contribution in [0, 0.1) is 13.8 Å². The van der Waals surface area contributed by atoms with Crippen molar-refractivity contribution < 1.29 is 0 Å². The van der Waals surface area contributed by atoms with Gasteiger partial charge in [-0.15, -0.1) is 11.3 Å². The molecule has 0 aliphatic heterocycles. The summed E-state index contributed by atoms with van der Waals surface area (Å²) in [5.41, 5.74) is 4.68. The molecule has 4 aromatic heterocycles. The fourth-order valence-electron chi connectivity index (χ4n) is 2.68. The number of aromatic nitrogens is 6. The second-order valence-electron chi connectivity index (χ2n) is 5.74. The number of thiazole rings is 1.